The minimum absolute atomic E-state index is 0.102. The SMILES string of the molecule is CC1(C)c2ccccc2C2(c3ccccc3-c3cc(-c4ccc([Si](c5ccccc5)(c5ccccc5)c5ccccc5)cc4)ccc32)c2ccccc21. The summed E-state index contributed by atoms with van der Waals surface area (Å²) in [7, 11) is -2.59. The molecule has 0 unspecified atom stereocenters. The van der Waals surface area contributed by atoms with E-state index in [1.165, 1.54) is 76.4 Å². The average molecular weight is 693 g/mol. The highest BCUT2D eigenvalue weighted by molar-refractivity contribution is 7.19. The van der Waals surface area contributed by atoms with Gasteiger partial charge in [-0.2, -0.15) is 0 Å². The maximum atomic E-state index is 2.46. The highest BCUT2D eigenvalue weighted by Crippen LogP contribution is 2.62. The molecule has 2 aliphatic carbocycles. The quantitative estimate of drug-likeness (QED) is 0.125. The second-order valence-electron chi connectivity index (χ2n) is 15.2. The van der Waals surface area contributed by atoms with Gasteiger partial charge in [-0.25, -0.2) is 0 Å². The summed E-state index contributed by atoms with van der Waals surface area (Å²) in [5.74, 6) is 0. The number of fused-ring (bicyclic) bond motifs is 9. The van der Waals surface area contributed by atoms with Crippen molar-refractivity contribution in [2.24, 2.45) is 0 Å². The van der Waals surface area contributed by atoms with Crippen LogP contribution in [0.15, 0.2) is 206 Å². The van der Waals surface area contributed by atoms with Crippen LogP contribution >= 0.6 is 0 Å². The molecule has 0 saturated heterocycles. The fourth-order valence-electron chi connectivity index (χ4n) is 10.0. The number of benzene rings is 8. The summed E-state index contributed by atoms with van der Waals surface area (Å²) < 4.78 is 0. The van der Waals surface area contributed by atoms with E-state index in [9.17, 15) is 0 Å². The molecule has 8 aromatic rings. The highest BCUT2D eigenvalue weighted by atomic mass is 28.3. The van der Waals surface area contributed by atoms with Crippen molar-refractivity contribution in [3.63, 3.8) is 0 Å². The van der Waals surface area contributed by atoms with Crippen LogP contribution in [0.1, 0.15) is 47.2 Å². The summed E-state index contributed by atoms with van der Waals surface area (Å²) in [6.07, 6.45) is 0. The first-order valence-electron chi connectivity index (χ1n) is 18.8. The van der Waals surface area contributed by atoms with Gasteiger partial charge < -0.3 is 0 Å². The maximum Gasteiger partial charge on any atom is 0.179 e. The molecule has 1 heteroatoms. The average Bonchev–Trinajstić information content (AvgIpc) is 3.52. The van der Waals surface area contributed by atoms with Gasteiger partial charge in [-0.15, -0.1) is 0 Å². The second-order valence-corrected chi connectivity index (χ2v) is 19.0. The molecule has 0 amide bonds. The fourth-order valence-corrected chi connectivity index (χ4v) is 14.8. The van der Waals surface area contributed by atoms with Crippen LogP contribution in [0.4, 0.5) is 0 Å². The first-order chi connectivity index (χ1) is 26.1. The standard InChI is InChI=1S/C52H40Si/c1-51(2)47-26-14-16-28-49(47)52(50-29-17-15-27-48(50)51)45-25-13-12-24-43(45)44-36-38(32-35-46(44)52)37-30-33-42(34-31-37)53(39-18-6-3-7-19-39,40-20-8-4-9-21-40)41-22-10-5-11-23-41/h3-36H,1-2H3. The van der Waals surface area contributed by atoms with Gasteiger partial charge in [-0.3, -0.25) is 0 Å². The summed E-state index contributed by atoms with van der Waals surface area (Å²) in [6.45, 7) is 4.77. The van der Waals surface area contributed by atoms with E-state index < -0.39 is 8.07 Å². The van der Waals surface area contributed by atoms with E-state index in [0.717, 1.165) is 0 Å². The minimum atomic E-state index is -2.59. The molecule has 0 aromatic heterocycles. The van der Waals surface area contributed by atoms with Crippen molar-refractivity contribution >= 4 is 28.8 Å². The van der Waals surface area contributed by atoms with Gasteiger partial charge in [0.2, 0.25) is 0 Å². The fraction of sp³-hybridized carbons (Fsp3) is 0.0769. The predicted octanol–water partition coefficient (Wildman–Crippen LogP) is 9.73. The van der Waals surface area contributed by atoms with E-state index in [-0.39, 0.29) is 10.8 Å². The van der Waals surface area contributed by atoms with Gasteiger partial charge in [0.15, 0.2) is 8.07 Å². The smallest absolute Gasteiger partial charge is 0.0623 e. The molecule has 252 valence electrons. The Hall–Kier alpha value is -6.02. The van der Waals surface area contributed by atoms with Crippen LogP contribution in [0.2, 0.25) is 0 Å². The van der Waals surface area contributed by atoms with Crippen LogP contribution in [0.25, 0.3) is 22.3 Å². The molecule has 0 bridgehead atoms. The maximum absolute atomic E-state index is 2.59. The summed E-state index contributed by atoms with van der Waals surface area (Å²) in [5.41, 5.74) is 13.0. The van der Waals surface area contributed by atoms with E-state index >= 15 is 0 Å². The van der Waals surface area contributed by atoms with Crippen molar-refractivity contribution in [2.45, 2.75) is 24.7 Å². The first kappa shape index (κ1) is 31.7. The van der Waals surface area contributed by atoms with Gasteiger partial charge >= 0.3 is 0 Å². The van der Waals surface area contributed by atoms with Crippen LogP contribution in [-0.2, 0) is 10.8 Å². The molecule has 1 spiro atoms. The lowest BCUT2D eigenvalue weighted by Crippen LogP contribution is -2.74. The third kappa shape index (κ3) is 4.41. The van der Waals surface area contributed by atoms with Crippen molar-refractivity contribution in [3.8, 4) is 22.3 Å². The molecule has 2 aliphatic rings. The topological polar surface area (TPSA) is 0 Å². The molecule has 53 heavy (non-hydrogen) atoms. The van der Waals surface area contributed by atoms with Crippen LogP contribution in [0.3, 0.4) is 0 Å². The lowest BCUT2D eigenvalue weighted by Gasteiger charge is -2.46. The van der Waals surface area contributed by atoms with E-state index in [2.05, 4.69) is 220 Å². The van der Waals surface area contributed by atoms with Crippen molar-refractivity contribution in [1.29, 1.82) is 0 Å². The predicted molar refractivity (Wildman–Crippen MR) is 225 cm³/mol. The molecule has 0 nitrogen and oxygen atoms in total. The summed E-state index contributed by atoms with van der Waals surface area (Å²) in [4.78, 5) is 0. The molecule has 0 atom stereocenters. The molecule has 0 radical (unpaired) electrons. The second kappa shape index (κ2) is 12.0. The van der Waals surface area contributed by atoms with E-state index in [1.54, 1.807) is 0 Å². The highest BCUT2D eigenvalue weighted by Gasteiger charge is 2.53. The monoisotopic (exact) mass is 692 g/mol. The molecule has 0 saturated carbocycles. The Morgan fingerprint density at radius 1 is 0.302 bits per heavy atom. The first-order valence-corrected chi connectivity index (χ1v) is 20.8. The Morgan fingerprint density at radius 3 is 1.19 bits per heavy atom. The van der Waals surface area contributed by atoms with Crippen molar-refractivity contribution in [1.82, 2.24) is 0 Å². The van der Waals surface area contributed by atoms with Gasteiger partial charge in [0, 0.05) is 5.41 Å². The Morgan fingerprint density at radius 2 is 0.679 bits per heavy atom. The van der Waals surface area contributed by atoms with Crippen molar-refractivity contribution < 1.29 is 0 Å². The molecule has 0 fully saturated rings. The zero-order chi connectivity index (χ0) is 35.6. The minimum Gasteiger partial charge on any atom is -0.0623 e. The van der Waals surface area contributed by atoms with Crippen molar-refractivity contribution in [2.75, 3.05) is 0 Å². The molecular formula is C52H40Si. The van der Waals surface area contributed by atoms with Gasteiger partial charge in [-0.05, 0) is 82.4 Å². The van der Waals surface area contributed by atoms with Crippen LogP contribution in [0, 0.1) is 0 Å². The van der Waals surface area contributed by atoms with E-state index in [0.29, 0.717) is 0 Å². The normalized spacial score (nSPS) is 14.5. The van der Waals surface area contributed by atoms with E-state index in [4.69, 9.17) is 0 Å². The lowest BCUT2D eigenvalue weighted by molar-refractivity contribution is 0.563. The number of hydrogen-bond donors (Lipinski definition) is 0. The Balaban J connectivity index is 1.16. The molecule has 8 aromatic carbocycles. The molecule has 0 aliphatic heterocycles. The van der Waals surface area contributed by atoms with Crippen molar-refractivity contribution in [3.05, 3.63) is 240 Å². The largest absolute Gasteiger partial charge is 0.179 e. The zero-order valence-electron chi connectivity index (χ0n) is 30.1. The summed E-state index contributed by atoms with van der Waals surface area (Å²) in [5, 5.41) is 5.55. The third-order valence-corrected chi connectivity index (χ3v) is 17.1. The molecule has 0 N–H and O–H groups in total. The van der Waals surface area contributed by atoms with Gasteiger partial charge in [0.05, 0.1) is 5.41 Å². The Labute approximate surface area is 314 Å². The van der Waals surface area contributed by atoms with Gasteiger partial charge in [0.25, 0.3) is 0 Å². The molecule has 0 heterocycles. The molecule has 10 rings (SSSR count). The molecular weight excluding hydrogens is 653 g/mol. The summed E-state index contributed by atoms with van der Waals surface area (Å²) in [6, 6.07) is 77.8. The summed E-state index contributed by atoms with van der Waals surface area (Å²) >= 11 is 0. The zero-order valence-corrected chi connectivity index (χ0v) is 31.1. The van der Waals surface area contributed by atoms with E-state index in [1.807, 2.05) is 0 Å². The Kier molecular flexibility index (Phi) is 7.19. The van der Waals surface area contributed by atoms with Crippen LogP contribution < -0.4 is 20.7 Å². The van der Waals surface area contributed by atoms with Gasteiger partial charge in [0.1, 0.15) is 0 Å². The number of rotatable bonds is 5. The number of hydrogen-bond acceptors (Lipinski definition) is 0. The van der Waals surface area contributed by atoms with Crippen LogP contribution in [0.5, 0.6) is 0 Å². The lowest BCUT2D eigenvalue weighted by atomic mass is 9.55. The van der Waals surface area contributed by atoms with Crippen LogP contribution in [-0.4, -0.2) is 8.07 Å². The third-order valence-electron chi connectivity index (χ3n) is 12.3. The van der Waals surface area contributed by atoms with Gasteiger partial charge in [-0.1, -0.05) is 214 Å². The Bertz CT molecular complexity index is 2470.